The van der Waals surface area contributed by atoms with Crippen LogP contribution in [0, 0.1) is 0 Å². The average Bonchev–Trinajstić information content (AvgIpc) is 2.27. The molecule has 5 heteroatoms. The average molecular weight is 263 g/mol. The molecular formula is C14H21N3O2. The minimum absolute atomic E-state index is 0.0568. The third-order valence-corrected chi connectivity index (χ3v) is 2.69. The Morgan fingerprint density at radius 2 is 2.00 bits per heavy atom. The number of ketones is 1. The van der Waals surface area contributed by atoms with Gasteiger partial charge in [0.05, 0.1) is 6.54 Å². The summed E-state index contributed by atoms with van der Waals surface area (Å²) < 4.78 is 0. The van der Waals surface area contributed by atoms with Crippen molar-refractivity contribution in [1.29, 1.82) is 0 Å². The van der Waals surface area contributed by atoms with Crippen LogP contribution >= 0.6 is 0 Å². The molecule has 0 aliphatic heterocycles. The lowest BCUT2D eigenvalue weighted by Gasteiger charge is -2.20. The van der Waals surface area contributed by atoms with Crippen molar-refractivity contribution in [2.45, 2.75) is 26.8 Å². The number of benzene rings is 1. The Morgan fingerprint density at radius 1 is 1.37 bits per heavy atom. The van der Waals surface area contributed by atoms with Crippen LogP contribution in [0.5, 0.6) is 0 Å². The molecule has 1 aromatic rings. The molecule has 1 aromatic carbocycles. The maximum Gasteiger partial charge on any atom is 0.239 e. The summed E-state index contributed by atoms with van der Waals surface area (Å²) in [4.78, 5) is 24.9. The number of nitrogens with one attached hydrogen (secondary N) is 1. The molecule has 5 nitrogen and oxygen atoms in total. The van der Waals surface area contributed by atoms with Gasteiger partial charge in [-0.15, -0.1) is 0 Å². The molecule has 19 heavy (non-hydrogen) atoms. The van der Waals surface area contributed by atoms with Gasteiger partial charge in [-0.25, -0.2) is 0 Å². The smallest absolute Gasteiger partial charge is 0.239 e. The number of likely N-dealkylation sites (N-methyl/N-ethyl adjacent to an activating group) is 1. The molecule has 3 N–H and O–H groups in total. The van der Waals surface area contributed by atoms with E-state index in [0.717, 1.165) is 5.69 Å². The van der Waals surface area contributed by atoms with Crippen molar-refractivity contribution in [3.63, 3.8) is 0 Å². The van der Waals surface area contributed by atoms with E-state index in [1.807, 2.05) is 13.8 Å². The molecule has 0 heterocycles. The van der Waals surface area contributed by atoms with Crippen LogP contribution in [0.3, 0.4) is 0 Å². The van der Waals surface area contributed by atoms with E-state index in [1.54, 1.807) is 30.1 Å². The fourth-order valence-corrected chi connectivity index (χ4v) is 1.76. The van der Waals surface area contributed by atoms with Crippen LogP contribution in [0.15, 0.2) is 18.2 Å². The standard InChI is InChI=1S/C14H21N3O2/c1-9(2)16-14(19)8-17(4)11-5-6-13(15)12(7-11)10(3)18/h5-7,9H,8,15H2,1-4H3,(H,16,19). The molecule has 1 amide bonds. The molecule has 0 aromatic heterocycles. The van der Waals surface area contributed by atoms with E-state index >= 15 is 0 Å². The maximum atomic E-state index is 11.7. The number of carbonyl (C=O) groups excluding carboxylic acids is 2. The van der Waals surface area contributed by atoms with Crippen molar-refractivity contribution in [2.75, 3.05) is 24.2 Å². The van der Waals surface area contributed by atoms with E-state index in [1.165, 1.54) is 6.92 Å². The fraction of sp³-hybridized carbons (Fsp3) is 0.429. The zero-order valence-electron chi connectivity index (χ0n) is 11.9. The first kappa shape index (κ1) is 15.0. The number of Topliss-reactive ketones (excluding diaryl/α,β-unsaturated/α-hetero) is 1. The van der Waals surface area contributed by atoms with Crippen LogP contribution in [0.4, 0.5) is 11.4 Å². The van der Waals surface area contributed by atoms with Crippen molar-refractivity contribution in [3.8, 4) is 0 Å². The number of nitrogens with two attached hydrogens (primary N) is 1. The van der Waals surface area contributed by atoms with E-state index in [9.17, 15) is 9.59 Å². The van der Waals surface area contributed by atoms with Crippen LogP contribution in [-0.4, -0.2) is 31.3 Å². The molecule has 0 radical (unpaired) electrons. The number of carbonyl (C=O) groups is 2. The molecule has 0 aliphatic carbocycles. The van der Waals surface area contributed by atoms with Gasteiger partial charge in [0.25, 0.3) is 0 Å². The lowest BCUT2D eigenvalue weighted by atomic mass is 10.1. The van der Waals surface area contributed by atoms with Gasteiger partial charge < -0.3 is 16.0 Å². The molecule has 0 bridgehead atoms. The number of nitrogens with zero attached hydrogens (tertiary/aromatic N) is 1. The quantitative estimate of drug-likeness (QED) is 0.622. The monoisotopic (exact) mass is 263 g/mol. The highest BCUT2D eigenvalue weighted by Gasteiger charge is 2.11. The van der Waals surface area contributed by atoms with Crippen molar-refractivity contribution < 1.29 is 9.59 Å². The van der Waals surface area contributed by atoms with Gasteiger partial charge in [-0.3, -0.25) is 9.59 Å². The van der Waals surface area contributed by atoms with E-state index in [-0.39, 0.29) is 24.3 Å². The second-order valence-corrected chi connectivity index (χ2v) is 4.91. The highest BCUT2D eigenvalue weighted by molar-refractivity contribution is 6.00. The maximum absolute atomic E-state index is 11.7. The first-order chi connectivity index (χ1) is 8.81. The van der Waals surface area contributed by atoms with E-state index < -0.39 is 0 Å². The molecule has 0 saturated heterocycles. The van der Waals surface area contributed by atoms with Gasteiger partial charge in [0.15, 0.2) is 5.78 Å². The van der Waals surface area contributed by atoms with Crippen LogP contribution in [0.1, 0.15) is 31.1 Å². The summed E-state index contributed by atoms with van der Waals surface area (Å²) in [5.74, 6) is -0.141. The normalized spacial score (nSPS) is 10.4. The Hall–Kier alpha value is -2.04. The number of rotatable bonds is 5. The van der Waals surface area contributed by atoms with Gasteiger partial charge >= 0.3 is 0 Å². The number of anilines is 2. The summed E-state index contributed by atoms with van der Waals surface area (Å²) >= 11 is 0. The molecule has 0 fully saturated rings. The molecule has 104 valence electrons. The van der Waals surface area contributed by atoms with Gasteiger partial charge in [0.2, 0.25) is 5.91 Å². The lowest BCUT2D eigenvalue weighted by Crippen LogP contribution is -2.38. The zero-order chi connectivity index (χ0) is 14.6. The van der Waals surface area contributed by atoms with Gasteiger partial charge in [0, 0.05) is 30.0 Å². The topological polar surface area (TPSA) is 75.4 Å². The zero-order valence-corrected chi connectivity index (χ0v) is 11.9. The van der Waals surface area contributed by atoms with E-state index in [0.29, 0.717) is 11.3 Å². The summed E-state index contributed by atoms with van der Waals surface area (Å²) in [6.45, 7) is 5.53. The molecule has 0 aliphatic rings. The minimum atomic E-state index is -0.0839. The van der Waals surface area contributed by atoms with Crippen molar-refractivity contribution in [3.05, 3.63) is 23.8 Å². The van der Waals surface area contributed by atoms with E-state index in [2.05, 4.69) is 5.32 Å². The summed E-state index contributed by atoms with van der Waals surface area (Å²) in [7, 11) is 1.80. The predicted octanol–water partition coefficient (Wildman–Crippen LogP) is 1.43. The minimum Gasteiger partial charge on any atom is -0.398 e. The highest BCUT2D eigenvalue weighted by Crippen LogP contribution is 2.20. The van der Waals surface area contributed by atoms with Gasteiger partial charge in [-0.1, -0.05) is 0 Å². The van der Waals surface area contributed by atoms with Crippen molar-refractivity contribution >= 4 is 23.1 Å². The second kappa shape index (κ2) is 6.22. The summed E-state index contributed by atoms with van der Waals surface area (Å²) in [6, 6.07) is 5.30. The Balaban J connectivity index is 2.83. The third-order valence-electron chi connectivity index (χ3n) is 2.69. The van der Waals surface area contributed by atoms with Gasteiger partial charge in [-0.05, 0) is 39.0 Å². The lowest BCUT2D eigenvalue weighted by molar-refractivity contribution is -0.120. The summed E-state index contributed by atoms with van der Waals surface area (Å²) in [6.07, 6.45) is 0. The first-order valence-corrected chi connectivity index (χ1v) is 6.22. The highest BCUT2D eigenvalue weighted by atomic mass is 16.2. The predicted molar refractivity (Wildman–Crippen MR) is 77.4 cm³/mol. The van der Waals surface area contributed by atoms with Crippen LogP contribution in [0.2, 0.25) is 0 Å². The Kier molecular flexibility index (Phi) is 4.92. The second-order valence-electron chi connectivity index (χ2n) is 4.91. The van der Waals surface area contributed by atoms with Crippen LogP contribution in [-0.2, 0) is 4.79 Å². The Labute approximate surface area is 113 Å². The molecule has 1 rings (SSSR count). The van der Waals surface area contributed by atoms with Crippen molar-refractivity contribution in [2.24, 2.45) is 0 Å². The molecule has 0 spiro atoms. The summed E-state index contributed by atoms with van der Waals surface area (Å²) in [5, 5.41) is 2.82. The Bertz CT molecular complexity index is 484. The number of hydrogen-bond donors (Lipinski definition) is 2. The Morgan fingerprint density at radius 3 is 2.53 bits per heavy atom. The van der Waals surface area contributed by atoms with Gasteiger partial charge in [0.1, 0.15) is 0 Å². The third kappa shape index (κ3) is 4.28. The van der Waals surface area contributed by atoms with Crippen LogP contribution < -0.4 is 16.0 Å². The van der Waals surface area contributed by atoms with Gasteiger partial charge in [-0.2, -0.15) is 0 Å². The molecule has 0 atom stereocenters. The van der Waals surface area contributed by atoms with Crippen molar-refractivity contribution in [1.82, 2.24) is 5.32 Å². The molecule has 0 saturated carbocycles. The molecular weight excluding hydrogens is 242 g/mol. The number of nitrogen functional groups attached to an aromatic ring is 1. The van der Waals surface area contributed by atoms with E-state index in [4.69, 9.17) is 5.73 Å². The van der Waals surface area contributed by atoms with Crippen LogP contribution in [0.25, 0.3) is 0 Å². The fourth-order valence-electron chi connectivity index (χ4n) is 1.76. The largest absolute Gasteiger partial charge is 0.398 e. The SMILES string of the molecule is CC(=O)c1cc(N(C)CC(=O)NC(C)C)ccc1N. The molecule has 0 unspecified atom stereocenters. The number of amides is 1. The first-order valence-electron chi connectivity index (χ1n) is 6.22. The summed E-state index contributed by atoms with van der Waals surface area (Å²) in [5.41, 5.74) is 7.46. The number of hydrogen-bond acceptors (Lipinski definition) is 4.